The number of methoxy groups -OCH3 is 1. The van der Waals surface area contributed by atoms with Crippen LogP contribution in [0.15, 0.2) is 42.5 Å². The number of rotatable bonds is 10. The summed E-state index contributed by atoms with van der Waals surface area (Å²) in [4.78, 5) is 27.8. The molecule has 0 bridgehead atoms. The lowest BCUT2D eigenvalue weighted by atomic mass is 10.1. The number of carbonyl (C=O) groups is 2. The van der Waals surface area contributed by atoms with Crippen LogP contribution in [0.1, 0.15) is 43.0 Å². The van der Waals surface area contributed by atoms with Crippen molar-refractivity contribution in [2.75, 3.05) is 55.5 Å². The van der Waals surface area contributed by atoms with Gasteiger partial charge in [-0.05, 0) is 62.9 Å². The van der Waals surface area contributed by atoms with Crippen LogP contribution in [0.2, 0.25) is 0 Å². The number of hydrogen-bond donors (Lipinski definition) is 3. The number of amides is 3. The molecule has 1 heterocycles. The highest BCUT2D eigenvalue weighted by Gasteiger charge is 2.19. The second-order valence-electron chi connectivity index (χ2n) is 7.90. The lowest BCUT2D eigenvalue weighted by Gasteiger charge is -2.30. The molecular formula is C25H34N4O4. The molecule has 178 valence electrons. The molecule has 3 amide bonds. The molecule has 8 heteroatoms. The molecule has 0 radical (unpaired) electrons. The predicted octanol–water partition coefficient (Wildman–Crippen LogP) is 4.49. The van der Waals surface area contributed by atoms with Gasteiger partial charge in [-0.15, -0.1) is 0 Å². The number of piperidine rings is 1. The van der Waals surface area contributed by atoms with Gasteiger partial charge in [0, 0.05) is 56.0 Å². The average Bonchev–Trinajstić information content (AvgIpc) is 2.84. The van der Waals surface area contributed by atoms with E-state index in [1.807, 2.05) is 25.1 Å². The maximum Gasteiger partial charge on any atom is 0.323 e. The second kappa shape index (κ2) is 12.7. The van der Waals surface area contributed by atoms with Crippen molar-refractivity contribution in [1.29, 1.82) is 0 Å². The van der Waals surface area contributed by atoms with E-state index in [2.05, 4.69) is 20.9 Å². The molecule has 3 N–H and O–H groups in total. The lowest BCUT2D eigenvalue weighted by molar-refractivity contribution is 0.0944. The highest BCUT2D eigenvalue weighted by Crippen LogP contribution is 2.27. The van der Waals surface area contributed by atoms with E-state index < -0.39 is 6.03 Å². The molecule has 8 nitrogen and oxygen atoms in total. The Kier molecular flexibility index (Phi) is 9.38. The highest BCUT2D eigenvalue weighted by atomic mass is 16.5. The van der Waals surface area contributed by atoms with Crippen molar-refractivity contribution < 1.29 is 19.1 Å². The topological polar surface area (TPSA) is 91.9 Å². The van der Waals surface area contributed by atoms with Gasteiger partial charge < -0.3 is 30.3 Å². The molecule has 1 aliphatic rings. The minimum atomic E-state index is -0.392. The van der Waals surface area contributed by atoms with E-state index in [4.69, 9.17) is 9.47 Å². The van der Waals surface area contributed by atoms with Crippen molar-refractivity contribution in [3.05, 3.63) is 48.0 Å². The molecule has 1 aliphatic heterocycles. The van der Waals surface area contributed by atoms with E-state index in [9.17, 15) is 9.59 Å². The van der Waals surface area contributed by atoms with Crippen molar-refractivity contribution in [3.63, 3.8) is 0 Å². The Balaban J connectivity index is 1.71. The van der Waals surface area contributed by atoms with Crippen LogP contribution >= 0.6 is 0 Å². The van der Waals surface area contributed by atoms with Crippen LogP contribution in [0.3, 0.4) is 0 Å². The summed E-state index contributed by atoms with van der Waals surface area (Å²) in [5, 5.41) is 8.60. The SMILES string of the molecule is CCOCCCNC(=O)c1cc(NC(=O)Nc2cccc(OC)c2)ccc1N1CCCCC1. The van der Waals surface area contributed by atoms with Crippen molar-refractivity contribution in [2.24, 2.45) is 0 Å². The fraction of sp³-hybridized carbons (Fsp3) is 0.440. The zero-order valence-corrected chi connectivity index (χ0v) is 19.5. The van der Waals surface area contributed by atoms with Gasteiger partial charge in [-0.2, -0.15) is 0 Å². The maximum absolute atomic E-state index is 13.0. The molecule has 0 aliphatic carbocycles. The van der Waals surface area contributed by atoms with Gasteiger partial charge in [0.15, 0.2) is 0 Å². The Morgan fingerprint density at radius 2 is 1.76 bits per heavy atom. The van der Waals surface area contributed by atoms with Gasteiger partial charge in [0.05, 0.1) is 12.7 Å². The quantitative estimate of drug-likeness (QED) is 0.460. The summed E-state index contributed by atoms with van der Waals surface area (Å²) in [5.74, 6) is 0.505. The molecule has 0 atom stereocenters. The number of anilines is 3. The molecule has 2 aromatic rings. The number of benzene rings is 2. The third kappa shape index (κ3) is 7.39. The van der Waals surface area contributed by atoms with E-state index in [0.29, 0.717) is 42.4 Å². The zero-order valence-electron chi connectivity index (χ0n) is 19.5. The van der Waals surface area contributed by atoms with Gasteiger partial charge in [-0.25, -0.2) is 4.79 Å². The molecule has 0 saturated carbocycles. The number of hydrogen-bond acceptors (Lipinski definition) is 5. The fourth-order valence-electron chi connectivity index (χ4n) is 3.82. The number of nitrogens with one attached hydrogen (secondary N) is 3. The first-order valence-electron chi connectivity index (χ1n) is 11.6. The summed E-state index contributed by atoms with van der Waals surface area (Å²) in [5.41, 5.74) is 2.63. The second-order valence-corrected chi connectivity index (χ2v) is 7.90. The predicted molar refractivity (Wildman–Crippen MR) is 132 cm³/mol. The summed E-state index contributed by atoms with van der Waals surface area (Å²) in [6.07, 6.45) is 4.18. The van der Waals surface area contributed by atoms with Crippen molar-refractivity contribution >= 4 is 29.0 Å². The Morgan fingerprint density at radius 1 is 1.00 bits per heavy atom. The third-order valence-electron chi connectivity index (χ3n) is 5.48. The molecule has 1 fully saturated rings. The van der Waals surface area contributed by atoms with E-state index in [1.165, 1.54) is 6.42 Å². The average molecular weight is 455 g/mol. The Bertz CT molecular complexity index is 928. The summed E-state index contributed by atoms with van der Waals surface area (Å²) < 4.78 is 10.5. The first kappa shape index (κ1) is 24.4. The summed E-state index contributed by atoms with van der Waals surface area (Å²) >= 11 is 0. The zero-order chi connectivity index (χ0) is 23.5. The van der Waals surface area contributed by atoms with Crippen LogP contribution in [0, 0.1) is 0 Å². The van der Waals surface area contributed by atoms with E-state index in [0.717, 1.165) is 38.0 Å². The third-order valence-corrected chi connectivity index (χ3v) is 5.48. The summed E-state index contributed by atoms with van der Waals surface area (Å²) in [7, 11) is 1.58. The van der Waals surface area contributed by atoms with Gasteiger partial charge in [0.1, 0.15) is 5.75 Å². The molecule has 0 unspecified atom stereocenters. The molecule has 2 aromatic carbocycles. The molecule has 33 heavy (non-hydrogen) atoms. The number of nitrogens with zero attached hydrogens (tertiary/aromatic N) is 1. The lowest BCUT2D eigenvalue weighted by Crippen LogP contribution is -2.33. The van der Waals surface area contributed by atoms with Gasteiger partial charge >= 0.3 is 6.03 Å². The highest BCUT2D eigenvalue weighted by molar-refractivity contribution is 6.04. The first-order valence-corrected chi connectivity index (χ1v) is 11.6. The normalized spacial score (nSPS) is 13.3. The number of ether oxygens (including phenoxy) is 2. The smallest absolute Gasteiger partial charge is 0.323 e. The largest absolute Gasteiger partial charge is 0.497 e. The standard InChI is InChI=1S/C25H34N4O4/c1-3-33-16-8-13-26-24(30)22-18-20(11-12-23(22)29-14-5-4-6-15-29)28-25(31)27-19-9-7-10-21(17-19)32-2/h7,9-12,17-18H,3-6,8,13-16H2,1-2H3,(H,26,30)(H2,27,28,31). The van der Waals surface area contributed by atoms with Crippen LogP contribution in [-0.2, 0) is 4.74 Å². The van der Waals surface area contributed by atoms with Crippen LogP contribution in [0.4, 0.5) is 21.9 Å². The van der Waals surface area contributed by atoms with Crippen LogP contribution in [0.25, 0.3) is 0 Å². The Morgan fingerprint density at radius 3 is 2.48 bits per heavy atom. The number of carbonyl (C=O) groups excluding carboxylic acids is 2. The van der Waals surface area contributed by atoms with E-state index in [1.54, 1.807) is 31.4 Å². The first-order chi connectivity index (χ1) is 16.1. The van der Waals surface area contributed by atoms with Crippen molar-refractivity contribution in [1.82, 2.24) is 5.32 Å². The van der Waals surface area contributed by atoms with E-state index in [-0.39, 0.29) is 5.91 Å². The molecule has 3 rings (SSSR count). The Hall–Kier alpha value is -3.26. The maximum atomic E-state index is 13.0. The molecule has 0 aromatic heterocycles. The van der Waals surface area contributed by atoms with Gasteiger partial charge in [0.25, 0.3) is 5.91 Å². The van der Waals surface area contributed by atoms with Gasteiger partial charge in [0.2, 0.25) is 0 Å². The minimum absolute atomic E-state index is 0.149. The minimum Gasteiger partial charge on any atom is -0.497 e. The molecule has 0 spiro atoms. The van der Waals surface area contributed by atoms with Crippen molar-refractivity contribution in [2.45, 2.75) is 32.6 Å². The van der Waals surface area contributed by atoms with Gasteiger partial charge in [-0.1, -0.05) is 6.07 Å². The summed E-state index contributed by atoms with van der Waals surface area (Å²) in [6.45, 7) is 5.61. The number of urea groups is 1. The van der Waals surface area contributed by atoms with Crippen molar-refractivity contribution in [3.8, 4) is 5.75 Å². The van der Waals surface area contributed by atoms with Crippen LogP contribution < -0.4 is 25.6 Å². The molecular weight excluding hydrogens is 420 g/mol. The van der Waals surface area contributed by atoms with E-state index >= 15 is 0 Å². The monoisotopic (exact) mass is 454 g/mol. The summed E-state index contributed by atoms with van der Waals surface area (Å²) in [6, 6.07) is 12.2. The van der Waals surface area contributed by atoms with Gasteiger partial charge in [-0.3, -0.25) is 4.79 Å². The fourth-order valence-corrected chi connectivity index (χ4v) is 3.82. The van der Waals surface area contributed by atoms with Crippen LogP contribution in [-0.4, -0.2) is 51.9 Å². The van der Waals surface area contributed by atoms with Crippen LogP contribution in [0.5, 0.6) is 5.75 Å². The molecule has 1 saturated heterocycles. The Labute approximate surface area is 195 Å².